The summed E-state index contributed by atoms with van der Waals surface area (Å²) in [5.41, 5.74) is 5.28. The molecule has 0 heterocycles. The first-order chi connectivity index (χ1) is 6.95. The van der Waals surface area contributed by atoms with E-state index in [-0.39, 0.29) is 11.9 Å². The van der Waals surface area contributed by atoms with Crippen LogP contribution in [0, 0.1) is 5.92 Å². The van der Waals surface area contributed by atoms with E-state index < -0.39 is 10.0 Å². The van der Waals surface area contributed by atoms with Gasteiger partial charge in [0, 0.05) is 13.6 Å². The normalized spacial score (nSPS) is 26.7. The third kappa shape index (κ3) is 3.71. The van der Waals surface area contributed by atoms with Crippen LogP contribution < -0.4 is 5.73 Å². The minimum atomic E-state index is -3.14. The Morgan fingerprint density at radius 2 is 2.07 bits per heavy atom. The highest BCUT2D eigenvalue weighted by atomic mass is 32.2. The summed E-state index contributed by atoms with van der Waals surface area (Å²) in [4.78, 5) is 0. The monoisotopic (exact) mass is 236 g/mol. The molecule has 0 aliphatic heterocycles. The first kappa shape index (κ1) is 12.9. The summed E-state index contributed by atoms with van der Waals surface area (Å²) in [6, 6.07) is 0. The molecule has 0 radical (unpaired) electrons. The van der Waals surface area contributed by atoms with Gasteiger partial charge in [-0.3, -0.25) is 0 Å². The van der Waals surface area contributed by atoms with Crippen molar-refractivity contribution in [3.63, 3.8) is 0 Å². The van der Waals surface area contributed by atoms with Crippen LogP contribution in [0.15, 0.2) is 0 Å². The summed E-state index contributed by atoms with van der Waals surface area (Å²) in [5, 5.41) is 9.09. The lowest BCUT2D eigenvalue weighted by Crippen LogP contribution is -2.40. The molecule has 1 aliphatic rings. The minimum Gasteiger partial charge on any atom is -0.393 e. The molecule has 1 rings (SSSR count). The van der Waals surface area contributed by atoms with Gasteiger partial charge in [0.25, 0.3) is 0 Å². The second kappa shape index (κ2) is 5.25. The molecule has 0 aromatic carbocycles. The van der Waals surface area contributed by atoms with E-state index in [4.69, 9.17) is 10.8 Å². The van der Waals surface area contributed by atoms with Gasteiger partial charge in [0.1, 0.15) is 0 Å². The van der Waals surface area contributed by atoms with Crippen molar-refractivity contribution in [2.75, 3.05) is 25.9 Å². The number of hydrogen-bond acceptors (Lipinski definition) is 4. The van der Waals surface area contributed by atoms with Gasteiger partial charge in [-0.25, -0.2) is 12.7 Å². The van der Waals surface area contributed by atoms with Crippen molar-refractivity contribution < 1.29 is 13.5 Å². The van der Waals surface area contributed by atoms with Crippen molar-refractivity contribution in [2.24, 2.45) is 11.7 Å². The SMILES string of the molecule is CN(CC1CC(O)C1)S(=O)(=O)CCCN. The lowest BCUT2D eigenvalue weighted by atomic mass is 9.82. The van der Waals surface area contributed by atoms with E-state index in [2.05, 4.69) is 0 Å². The minimum absolute atomic E-state index is 0.120. The second-order valence-corrected chi connectivity index (χ2v) is 6.43. The van der Waals surface area contributed by atoms with Gasteiger partial charge in [0.2, 0.25) is 10.0 Å². The molecule has 0 unspecified atom stereocenters. The van der Waals surface area contributed by atoms with Gasteiger partial charge in [-0.15, -0.1) is 0 Å². The van der Waals surface area contributed by atoms with Gasteiger partial charge in [0.15, 0.2) is 0 Å². The van der Waals surface area contributed by atoms with E-state index in [1.165, 1.54) is 4.31 Å². The molecule has 3 N–H and O–H groups in total. The van der Waals surface area contributed by atoms with Crippen molar-refractivity contribution in [3.05, 3.63) is 0 Å². The Balaban J connectivity index is 2.35. The molecule has 1 aliphatic carbocycles. The molecule has 0 aromatic heterocycles. The Morgan fingerprint density at radius 3 is 2.53 bits per heavy atom. The molecule has 0 bridgehead atoms. The third-order valence-electron chi connectivity index (χ3n) is 2.81. The van der Waals surface area contributed by atoms with E-state index in [1.54, 1.807) is 7.05 Å². The Labute approximate surface area is 91.3 Å². The van der Waals surface area contributed by atoms with E-state index >= 15 is 0 Å². The van der Waals surface area contributed by atoms with Crippen LogP contribution in [0.5, 0.6) is 0 Å². The van der Waals surface area contributed by atoms with Gasteiger partial charge in [-0.2, -0.15) is 0 Å². The van der Waals surface area contributed by atoms with Crippen LogP contribution in [0.4, 0.5) is 0 Å². The molecule has 90 valence electrons. The fourth-order valence-electron chi connectivity index (χ4n) is 1.75. The second-order valence-electron chi connectivity index (χ2n) is 4.23. The highest BCUT2D eigenvalue weighted by molar-refractivity contribution is 7.89. The molecule has 1 fully saturated rings. The number of aliphatic hydroxyl groups excluding tert-OH is 1. The van der Waals surface area contributed by atoms with E-state index in [1.807, 2.05) is 0 Å². The maximum absolute atomic E-state index is 11.7. The first-order valence-electron chi connectivity index (χ1n) is 5.28. The zero-order valence-corrected chi connectivity index (χ0v) is 9.91. The molecule has 6 heteroatoms. The topological polar surface area (TPSA) is 83.6 Å². The Kier molecular flexibility index (Phi) is 4.51. The van der Waals surface area contributed by atoms with Crippen LogP contribution in [0.3, 0.4) is 0 Å². The Hall–Kier alpha value is -0.170. The van der Waals surface area contributed by atoms with E-state index in [0.29, 0.717) is 25.4 Å². The average molecular weight is 236 g/mol. The van der Waals surface area contributed by atoms with Crippen molar-refractivity contribution in [1.29, 1.82) is 0 Å². The first-order valence-corrected chi connectivity index (χ1v) is 6.88. The zero-order valence-electron chi connectivity index (χ0n) is 9.09. The van der Waals surface area contributed by atoms with Crippen LogP contribution in [0.1, 0.15) is 19.3 Å². The summed E-state index contributed by atoms with van der Waals surface area (Å²) in [6.07, 6.45) is 1.71. The highest BCUT2D eigenvalue weighted by Gasteiger charge is 2.30. The van der Waals surface area contributed by atoms with Crippen molar-refractivity contribution in [3.8, 4) is 0 Å². The molecule has 1 saturated carbocycles. The van der Waals surface area contributed by atoms with Crippen LogP contribution in [-0.2, 0) is 10.0 Å². The maximum atomic E-state index is 11.7. The zero-order chi connectivity index (χ0) is 11.5. The summed E-state index contributed by atoms with van der Waals surface area (Å²) < 4.78 is 24.7. The third-order valence-corrected chi connectivity index (χ3v) is 4.71. The van der Waals surface area contributed by atoms with E-state index in [9.17, 15) is 8.42 Å². The van der Waals surface area contributed by atoms with Crippen molar-refractivity contribution >= 4 is 10.0 Å². The van der Waals surface area contributed by atoms with Crippen LogP contribution in [0.2, 0.25) is 0 Å². The molecule has 0 saturated heterocycles. The molecule has 0 amide bonds. The van der Waals surface area contributed by atoms with Crippen LogP contribution in [-0.4, -0.2) is 49.8 Å². The molecule has 0 aromatic rings. The number of nitrogens with zero attached hydrogens (tertiary/aromatic N) is 1. The number of aliphatic hydroxyl groups is 1. The summed E-state index contributed by atoms with van der Waals surface area (Å²) in [7, 11) is -1.55. The lowest BCUT2D eigenvalue weighted by Gasteiger charge is -2.34. The molecular weight excluding hydrogens is 216 g/mol. The number of rotatable bonds is 6. The number of sulfonamides is 1. The summed E-state index contributed by atoms with van der Waals surface area (Å²) in [5.74, 6) is 0.438. The van der Waals surface area contributed by atoms with Gasteiger partial charge in [-0.1, -0.05) is 0 Å². The standard InChI is InChI=1S/C9H20N2O3S/c1-11(7-8-5-9(12)6-8)15(13,14)4-2-3-10/h8-9,12H,2-7,10H2,1H3. The predicted molar refractivity (Wildman–Crippen MR) is 58.8 cm³/mol. The largest absolute Gasteiger partial charge is 0.393 e. The Bertz CT molecular complexity index is 286. The Morgan fingerprint density at radius 1 is 1.47 bits per heavy atom. The number of nitrogens with two attached hydrogens (primary N) is 1. The van der Waals surface area contributed by atoms with Gasteiger partial charge in [0.05, 0.1) is 11.9 Å². The average Bonchev–Trinajstić information content (AvgIpc) is 2.12. The fourth-order valence-corrected chi connectivity index (χ4v) is 3.03. The molecule has 0 spiro atoms. The van der Waals surface area contributed by atoms with Crippen LogP contribution >= 0.6 is 0 Å². The maximum Gasteiger partial charge on any atom is 0.213 e. The molecule has 5 nitrogen and oxygen atoms in total. The quantitative estimate of drug-likeness (QED) is 0.643. The molecular formula is C9H20N2O3S. The predicted octanol–water partition coefficient (Wildman–Crippen LogP) is -0.632. The fraction of sp³-hybridized carbons (Fsp3) is 1.00. The smallest absolute Gasteiger partial charge is 0.213 e. The van der Waals surface area contributed by atoms with Gasteiger partial charge in [-0.05, 0) is 31.7 Å². The van der Waals surface area contributed by atoms with E-state index in [0.717, 1.165) is 12.8 Å². The molecule has 15 heavy (non-hydrogen) atoms. The summed E-state index contributed by atoms with van der Waals surface area (Å²) >= 11 is 0. The van der Waals surface area contributed by atoms with Crippen LogP contribution in [0.25, 0.3) is 0 Å². The van der Waals surface area contributed by atoms with Crippen molar-refractivity contribution in [1.82, 2.24) is 4.31 Å². The van der Waals surface area contributed by atoms with Gasteiger partial charge >= 0.3 is 0 Å². The molecule has 0 atom stereocenters. The summed E-state index contributed by atoms with van der Waals surface area (Å²) in [6.45, 7) is 0.916. The van der Waals surface area contributed by atoms with Gasteiger partial charge < -0.3 is 10.8 Å². The highest BCUT2D eigenvalue weighted by Crippen LogP contribution is 2.28. The lowest BCUT2D eigenvalue weighted by molar-refractivity contribution is 0.0367. The van der Waals surface area contributed by atoms with Crippen molar-refractivity contribution in [2.45, 2.75) is 25.4 Å². The number of hydrogen-bond donors (Lipinski definition) is 2.